The monoisotopic (exact) mass is 449 g/mol. The molecule has 0 fully saturated rings. The van der Waals surface area contributed by atoms with E-state index in [-0.39, 0.29) is 12.3 Å². The van der Waals surface area contributed by atoms with Crippen LogP contribution in [0.1, 0.15) is 36.5 Å². The predicted octanol–water partition coefficient (Wildman–Crippen LogP) is 3.46. The van der Waals surface area contributed by atoms with E-state index in [2.05, 4.69) is 27.8 Å². The minimum absolute atomic E-state index is 0.131. The number of hydrogen-bond donors (Lipinski definition) is 2. The highest BCUT2D eigenvalue weighted by molar-refractivity contribution is 7.89. The number of halogens is 1. The molecule has 0 heterocycles. The highest BCUT2D eigenvalue weighted by Crippen LogP contribution is 2.16. The van der Waals surface area contributed by atoms with Crippen LogP contribution in [0.2, 0.25) is 0 Å². The SMILES string of the molecule is CCNC(=NCc1cc(F)ccc1CS(C)(=O)=O)NCCCCc1ccc(OC)cc1. The summed E-state index contributed by atoms with van der Waals surface area (Å²) in [6.07, 6.45) is 4.15. The third-order valence-electron chi connectivity index (χ3n) is 4.68. The third kappa shape index (κ3) is 9.38. The Hall–Kier alpha value is -2.61. The van der Waals surface area contributed by atoms with Gasteiger partial charge in [-0.1, -0.05) is 18.2 Å². The van der Waals surface area contributed by atoms with Crippen molar-refractivity contribution in [2.75, 3.05) is 26.5 Å². The summed E-state index contributed by atoms with van der Waals surface area (Å²) >= 11 is 0. The molecule has 0 aliphatic carbocycles. The molecule has 0 atom stereocenters. The van der Waals surface area contributed by atoms with Crippen molar-refractivity contribution >= 4 is 15.8 Å². The van der Waals surface area contributed by atoms with Gasteiger partial charge in [-0.25, -0.2) is 17.8 Å². The van der Waals surface area contributed by atoms with Gasteiger partial charge in [0.2, 0.25) is 0 Å². The van der Waals surface area contributed by atoms with Gasteiger partial charge in [0.15, 0.2) is 15.8 Å². The zero-order valence-corrected chi connectivity index (χ0v) is 19.3. The molecule has 0 saturated heterocycles. The minimum Gasteiger partial charge on any atom is -0.497 e. The number of benzene rings is 2. The van der Waals surface area contributed by atoms with E-state index >= 15 is 0 Å². The van der Waals surface area contributed by atoms with E-state index < -0.39 is 15.7 Å². The Morgan fingerprint density at radius 2 is 1.81 bits per heavy atom. The maximum atomic E-state index is 13.7. The van der Waals surface area contributed by atoms with Crippen LogP contribution in [-0.4, -0.2) is 40.8 Å². The number of nitrogens with zero attached hydrogens (tertiary/aromatic N) is 1. The standard InChI is InChI=1S/C23H32FN3O3S/c1-4-25-23(26-14-6-5-7-18-8-12-22(30-2)13-9-18)27-16-20-15-21(24)11-10-19(20)17-31(3,28)29/h8-13,15H,4-7,14,16-17H2,1-3H3,(H2,25,26,27). The van der Waals surface area contributed by atoms with E-state index in [0.29, 0.717) is 23.6 Å². The van der Waals surface area contributed by atoms with Crippen LogP contribution < -0.4 is 15.4 Å². The largest absolute Gasteiger partial charge is 0.497 e. The molecule has 31 heavy (non-hydrogen) atoms. The summed E-state index contributed by atoms with van der Waals surface area (Å²) < 4.78 is 42.2. The summed E-state index contributed by atoms with van der Waals surface area (Å²) in [7, 11) is -1.56. The third-order valence-corrected chi connectivity index (χ3v) is 5.52. The molecule has 0 aliphatic rings. The van der Waals surface area contributed by atoms with Crippen LogP contribution in [-0.2, 0) is 28.6 Å². The Labute approximate surface area is 184 Å². The van der Waals surface area contributed by atoms with E-state index in [0.717, 1.165) is 31.6 Å². The van der Waals surface area contributed by atoms with Crippen molar-refractivity contribution < 1.29 is 17.5 Å². The van der Waals surface area contributed by atoms with Crippen LogP contribution in [0.5, 0.6) is 5.75 Å². The molecule has 0 saturated carbocycles. The Kier molecular flexibility index (Phi) is 9.78. The first-order valence-electron chi connectivity index (χ1n) is 10.4. The van der Waals surface area contributed by atoms with E-state index in [4.69, 9.17) is 4.74 Å². The van der Waals surface area contributed by atoms with Crippen LogP contribution >= 0.6 is 0 Å². The quantitative estimate of drug-likeness (QED) is 0.312. The highest BCUT2D eigenvalue weighted by atomic mass is 32.2. The second-order valence-corrected chi connectivity index (χ2v) is 9.55. The van der Waals surface area contributed by atoms with Crippen LogP contribution in [0.15, 0.2) is 47.5 Å². The molecule has 0 bridgehead atoms. The number of guanidine groups is 1. The Morgan fingerprint density at radius 1 is 1.06 bits per heavy atom. The van der Waals surface area contributed by atoms with E-state index in [9.17, 15) is 12.8 Å². The van der Waals surface area contributed by atoms with Gasteiger partial charge in [-0.15, -0.1) is 0 Å². The molecule has 2 N–H and O–H groups in total. The second kappa shape index (κ2) is 12.3. The van der Waals surface area contributed by atoms with Crippen LogP contribution in [0.3, 0.4) is 0 Å². The summed E-state index contributed by atoms with van der Waals surface area (Å²) in [4.78, 5) is 4.51. The number of rotatable bonds is 11. The normalized spacial score (nSPS) is 11.9. The molecule has 6 nitrogen and oxygen atoms in total. The van der Waals surface area contributed by atoms with Gasteiger partial charge in [0.1, 0.15) is 11.6 Å². The summed E-state index contributed by atoms with van der Waals surface area (Å²) in [5.41, 5.74) is 2.41. The van der Waals surface area contributed by atoms with Crippen molar-refractivity contribution in [3.8, 4) is 5.75 Å². The van der Waals surface area contributed by atoms with Crippen LogP contribution in [0, 0.1) is 5.82 Å². The zero-order valence-electron chi connectivity index (χ0n) is 18.4. The molecular formula is C23H32FN3O3S. The van der Waals surface area contributed by atoms with E-state index in [1.807, 2.05) is 19.1 Å². The smallest absolute Gasteiger partial charge is 0.191 e. The topological polar surface area (TPSA) is 79.8 Å². The lowest BCUT2D eigenvalue weighted by molar-refractivity contribution is 0.414. The van der Waals surface area contributed by atoms with Gasteiger partial charge in [0.05, 0.1) is 19.4 Å². The molecule has 8 heteroatoms. The number of aliphatic imine (C=N–C) groups is 1. The molecule has 0 unspecified atom stereocenters. The number of aryl methyl sites for hydroxylation is 1. The number of sulfone groups is 1. The van der Waals surface area contributed by atoms with Gasteiger partial charge in [-0.05, 0) is 67.1 Å². The zero-order chi connectivity index (χ0) is 22.7. The lowest BCUT2D eigenvalue weighted by Gasteiger charge is -2.12. The first-order valence-corrected chi connectivity index (χ1v) is 12.5. The summed E-state index contributed by atoms with van der Waals surface area (Å²) in [5.74, 6) is 0.948. The van der Waals surface area contributed by atoms with Gasteiger partial charge in [-0.3, -0.25) is 0 Å². The van der Waals surface area contributed by atoms with Gasteiger partial charge in [0.25, 0.3) is 0 Å². The summed E-state index contributed by atoms with van der Waals surface area (Å²) in [6, 6.07) is 12.2. The highest BCUT2D eigenvalue weighted by Gasteiger charge is 2.11. The summed E-state index contributed by atoms with van der Waals surface area (Å²) in [6.45, 7) is 3.61. The maximum Gasteiger partial charge on any atom is 0.191 e. The summed E-state index contributed by atoms with van der Waals surface area (Å²) in [5, 5.41) is 6.45. The van der Waals surface area contributed by atoms with Crippen molar-refractivity contribution in [2.45, 2.75) is 38.5 Å². The molecule has 0 radical (unpaired) electrons. The van der Waals surface area contributed by atoms with E-state index in [1.165, 1.54) is 30.0 Å². The molecule has 0 amide bonds. The lowest BCUT2D eigenvalue weighted by Crippen LogP contribution is -2.37. The molecule has 2 rings (SSSR count). The predicted molar refractivity (Wildman–Crippen MR) is 124 cm³/mol. The van der Waals surface area contributed by atoms with Crippen LogP contribution in [0.4, 0.5) is 4.39 Å². The van der Waals surface area contributed by atoms with Gasteiger partial charge < -0.3 is 15.4 Å². The first-order chi connectivity index (χ1) is 14.8. The minimum atomic E-state index is -3.22. The van der Waals surface area contributed by atoms with Crippen molar-refractivity contribution in [3.63, 3.8) is 0 Å². The number of nitrogens with one attached hydrogen (secondary N) is 2. The van der Waals surface area contributed by atoms with Gasteiger partial charge in [-0.2, -0.15) is 0 Å². The molecular weight excluding hydrogens is 417 g/mol. The Bertz CT molecular complexity index is 961. The molecule has 0 spiro atoms. The maximum absolute atomic E-state index is 13.7. The second-order valence-electron chi connectivity index (χ2n) is 7.41. The number of hydrogen-bond acceptors (Lipinski definition) is 4. The fourth-order valence-corrected chi connectivity index (χ4v) is 3.97. The lowest BCUT2D eigenvalue weighted by atomic mass is 10.1. The first kappa shape index (κ1) is 24.7. The molecule has 2 aromatic carbocycles. The fraction of sp³-hybridized carbons (Fsp3) is 0.435. The molecule has 170 valence electrons. The Balaban J connectivity index is 1.89. The number of unbranched alkanes of at least 4 members (excludes halogenated alkanes) is 1. The molecule has 0 aromatic heterocycles. The van der Waals surface area contributed by atoms with Crippen molar-refractivity contribution in [3.05, 3.63) is 65.0 Å². The fourth-order valence-electron chi connectivity index (χ4n) is 3.12. The average molecular weight is 450 g/mol. The van der Waals surface area contributed by atoms with Crippen LogP contribution in [0.25, 0.3) is 0 Å². The number of ether oxygens (including phenoxy) is 1. The molecule has 2 aromatic rings. The van der Waals surface area contributed by atoms with Gasteiger partial charge >= 0.3 is 0 Å². The Morgan fingerprint density at radius 3 is 2.45 bits per heavy atom. The van der Waals surface area contributed by atoms with Crippen molar-refractivity contribution in [2.24, 2.45) is 4.99 Å². The van der Waals surface area contributed by atoms with E-state index in [1.54, 1.807) is 7.11 Å². The van der Waals surface area contributed by atoms with Crippen molar-refractivity contribution in [1.29, 1.82) is 0 Å². The molecule has 0 aliphatic heterocycles. The van der Waals surface area contributed by atoms with Crippen molar-refractivity contribution in [1.82, 2.24) is 10.6 Å². The average Bonchev–Trinajstić information content (AvgIpc) is 2.73. The number of methoxy groups -OCH3 is 1. The van der Waals surface area contributed by atoms with Gasteiger partial charge in [0, 0.05) is 19.3 Å².